The average molecular weight is 609 g/mol. The second kappa shape index (κ2) is 13.8. The summed E-state index contributed by atoms with van der Waals surface area (Å²) in [7, 11) is 3.33. The minimum absolute atomic E-state index is 0.00962. The van der Waals surface area contributed by atoms with E-state index in [0.717, 1.165) is 54.2 Å². The van der Waals surface area contributed by atoms with Crippen molar-refractivity contribution in [2.45, 2.75) is 45.0 Å². The summed E-state index contributed by atoms with van der Waals surface area (Å²) in [5, 5.41) is 12.6. The molecule has 4 aromatic rings. The largest absolute Gasteiger partial charge is 0.493 e. The van der Waals surface area contributed by atoms with E-state index in [-0.39, 0.29) is 30.6 Å². The number of amides is 1. The second-order valence-corrected chi connectivity index (χ2v) is 11.7. The fourth-order valence-corrected chi connectivity index (χ4v) is 6.24. The lowest BCUT2D eigenvalue weighted by Crippen LogP contribution is -2.45. The number of aliphatic hydroxyl groups excluding tert-OH is 1. The van der Waals surface area contributed by atoms with Crippen molar-refractivity contribution < 1.29 is 28.8 Å². The summed E-state index contributed by atoms with van der Waals surface area (Å²) in [5.74, 6) is 1.37. The van der Waals surface area contributed by atoms with E-state index in [1.54, 1.807) is 26.4 Å². The lowest BCUT2D eigenvalue weighted by atomic mass is 9.89. The zero-order valence-electron chi connectivity index (χ0n) is 25.9. The van der Waals surface area contributed by atoms with Crippen LogP contribution < -0.4 is 14.8 Å². The van der Waals surface area contributed by atoms with Gasteiger partial charge < -0.3 is 29.4 Å². The number of nitrogens with zero attached hydrogens (tertiary/aromatic N) is 1. The number of ether oxygens (including phenoxy) is 4. The Morgan fingerprint density at radius 2 is 1.62 bits per heavy atom. The van der Waals surface area contributed by atoms with Crippen LogP contribution in [0.15, 0.2) is 91.0 Å². The van der Waals surface area contributed by atoms with Crippen LogP contribution in [0.25, 0.3) is 0 Å². The monoisotopic (exact) mass is 608 g/mol. The normalized spacial score (nSPS) is 21.5. The predicted molar refractivity (Wildman–Crippen MR) is 172 cm³/mol. The van der Waals surface area contributed by atoms with Gasteiger partial charge in [0.05, 0.1) is 33.0 Å². The van der Waals surface area contributed by atoms with Gasteiger partial charge >= 0.3 is 0 Å². The fraction of sp³-hybridized carbons (Fsp3) is 0.324. The molecule has 0 aliphatic carbocycles. The summed E-state index contributed by atoms with van der Waals surface area (Å²) in [6.45, 7) is 4.57. The highest BCUT2D eigenvalue weighted by molar-refractivity contribution is 6.04. The zero-order chi connectivity index (χ0) is 31.3. The van der Waals surface area contributed by atoms with E-state index < -0.39 is 6.29 Å². The van der Waals surface area contributed by atoms with Gasteiger partial charge in [0, 0.05) is 42.4 Å². The highest BCUT2D eigenvalue weighted by atomic mass is 16.7. The van der Waals surface area contributed by atoms with Crippen LogP contribution in [0, 0.1) is 5.92 Å². The van der Waals surface area contributed by atoms with Crippen molar-refractivity contribution in [1.29, 1.82) is 0 Å². The van der Waals surface area contributed by atoms with Crippen LogP contribution in [0.5, 0.6) is 11.5 Å². The van der Waals surface area contributed by atoms with Gasteiger partial charge in [0.25, 0.3) is 5.91 Å². The molecule has 0 bridgehead atoms. The quantitative estimate of drug-likeness (QED) is 0.231. The van der Waals surface area contributed by atoms with Crippen molar-refractivity contribution in [3.05, 3.63) is 124 Å². The first-order valence-corrected chi connectivity index (χ1v) is 15.4. The Hall–Kier alpha value is -4.21. The number of hydrogen-bond donors (Lipinski definition) is 2. The summed E-state index contributed by atoms with van der Waals surface area (Å²) in [6, 6.07) is 28.9. The number of rotatable bonds is 9. The van der Waals surface area contributed by atoms with Gasteiger partial charge in [-0.25, -0.2) is 0 Å². The number of methoxy groups -OCH3 is 2. The molecule has 6 rings (SSSR count). The van der Waals surface area contributed by atoms with Crippen LogP contribution in [0.3, 0.4) is 0 Å². The van der Waals surface area contributed by atoms with Crippen molar-refractivity contribution in [3.63, 3.8) is 0 Å². The van der Waals surface area contributed by atoms with Gasteiger partial charge in [-0.15, -0.1) is 0 Å². The molecule has 234 valence electrons. The van der Waals surface area contributed by atoms with E-state index in [2.05, 4.69) is 29.3 Å². The highest BCUT2D eigenvalue weighted by Crippen LogP contribution is 2.43. The maximum absolute atomic E-state index is 12.9. The van der Waals surface area contributed by atoms with Crippen LogP contribution in [-0.2, 0) is 29.0 Å². The van der Waals surface area contributed by atoms with E-state index in [4.69, 9.17) is 18.9 Å². The molecular weight excluding hydrogens is 568 g/mol. The van der Waals surface area contributed by atoms with Crippen LogP contribution in [0.1, 0.15) is 57.5 Å². The summed E-state index contributed by atoms with van der Waals surface area (Å²) in [6.07, 6.45) is -0.0869. The molecule has 45 heavy (non-hydrogen) atoms. The summed E-state index contributed by atoms with van der Waals surface area (Å²) >= 11 is 0. The number of hydrogen-bond acceptors (Lipinski definition) is 7. The lowest BCUT2D eigenvalue weighted by molar-refractivity contribution is -0.276. The molecule has 8 nitrogen and oxygen atoms in total. The molecule has 8 heteroatoms. The minimum Gasteiger partial charge on any atom is -0.493 e. The molecule has 4 atom stereocenters. The molecule has 0 radical (unpaired) electrons. The average Bonchev–Trinajstić information content (AvgIpc) is 3.09. The number of carbonyl (C=O) groups is 1. The van der Waals surface area contributed by atoms with Crippen molar-refractivity contribution in [2.75, 3.05) is 32.6 Å². The predicted octanol–water partition coefficient (Wildman–Crippen LogP) is 6.30. The molecule has 2 N–H and O–H groups in total. The van der Waals surface area contributed by atoms with Gasteiger partial charge in [-0.2, -0.15) is 0 Å². The Labute approximate surface area is 264 Å². The Balaban J connectivity index is 1.25. The van der Waals surface area contributed by atoms with Gasteiger partial charge in [0.1, 0.15) is 0 Å². The van der Waals surface area contributed by atoms with E-state index in [9.17, 15) is 9.90 Å². The number of fused-ring (bicyclic) bond motifs is 1. The first-order valence-electron chi connectivity index (χ1n) is 15.4. The summed E-state index contributed by atoms with van der Waals surface area (Å²) in [4.78, 5) is 15.3. The topological polar surface area (TPSA) is 89.5 Å². The number of nitrogens with one attached hydrogen (secondary N) is 1. The molecule has 4 aromatic carbocycles. The third kappa shape index (κ3) is 6.89. The Kier molecular flexibility index (Phi) is 9.47. The Morgan fingerprint density at radius 1 is 0.889 bits per heavy atom. The first-order chi connectivity index (χ1) is 21.9. The van der Waals surface area contributed by atoms with Gasteiger partial charge in [0.2, 0.25) is 0 Å². The van der Waals surface area contributed by atoms with Crippen molar-refractivity contribution in [1.82, 2.24) is 4.90 Å². The second-order valence-electron chi connectivity index (χ2n) is 11.7. The molecule has 0 saturated carbocycles. The number of carbonyl (C=O) groups excluding carboxylic acids is 1. The highest BCUT2D eigenvalue weighted by Gasteiger charge is 2.39. The first kappa shape index (κ1) is 30.8. The number of benzene rings is 4. The van der Waals surface area contributed by atoms with Crippen molar-refractivity contribution in [3.8, 4) is 11.5 Å². The van der Waals surface area contributed by atoms with Crippen molar-refractivity contribution in [2.24, 2.45) is 5.92 Å². The number of anilines is 1. The van der Waals surface area contributed by atoms with E-state index in [1.807, 2.05) is 66.7 Å². The molecule has 0 spiro atoms. The van der Waals surface area contributed by atoms with Crippen LogP contribution in [-0.4, -0.2) is 49.3 Å². The molecule has 2 heterocycles. The van der Waals surface area contributed by atoms with Crippen LogP contribution >= 0.6 is 0 Å². The lowest BCUT2D eigenvalue weighted by Gasteiger charge is -2.43. The fourth-order valence-electron chi connectivity index (χ4n) is 6.24. The third-order valence-electron chi connectivity index (χ3n) is 8.81. The standard InChI is InChI=1S/C37H40N2O6/c1-24-34(22-39-17-16-28-19-32(42-2)33(43-3)20-30(28)21-39)44-37(45-35(24)26-14-12-25(23-40)13-15-26)29-10-7-11-31(18-29)38-36(41)27-8-5-4-6-9-27/h4-15,18-20,24,34-35,37,40H,16-17,21-23H2,1-3H3,(H,38,41). The van der Waals surface area contributed by atoms with Crippen LogP contribution in [0.2, 0.25) is 0 Å². The van der Waals surface area contributed by atoms with Crippen LogP contribution in [0.4, 0.5) is 5.69 Å². The smallest absolute Gasteiger partial charge is 0.255 e. The Morgan fingerprint density at radius 3 is 2.33 bits per heavy atom. The van der Waals surface area contributed by atoms with E-state index >= 15 is 0 Å². The molecule has 2 aliphatic rings. The van der Waals surface area contributed by atoms with Gasteiger partial charge in [-0.1, -0.05) is 61.5 Å². The van der Waals surface area contributed by atoms with E-state index in [0.29, 0.717) is 11.3 Å². The van der Waals surface area contributed by atoms with Gasteiger partial charge in [-0.05, 0) is 65.1 Å². The molecular formula is C37H40N2O6. The molecule has 1 saturated heterocycles. The summed E-state index contributed by atoms with van der Waals surface area (Å²) < 4.78 is 24.5. The maximum Gasteiger partial charge on any atom is 0.255 e. The molecule has 4 unspecified atom stereocenters. The number of aliphatic hydroxyl groups is 1. The Bertz CT molecular complexity index is 1610. The SMILES string of the molecule is COc1cc2c(cc1OC)CN(CC1OC(c3cccc(NC(=O)c4ccccc4)c3)OC(c3ccc(CO)cc3)C1C)CC2. The van der Waals surface area contributed by atoms with Gasteiger partial charge in [0.15, 0.2) is 17.8 Å². The summed E-state index contributed by atoms with van der Waals surface area (Å²) in [5.41, 5.74) is 6.49. The molecule has 2 aliphatic heterocycles. The maximum atomic E-state index is 12.9. The minimum atomic E-state index is -0.635. The van der Waals surface area contributed by atoms with Crippen molar-refractivity contribution >= 4 is 11.6 Å². The van der Waals surface area contributed by atoms with Gasteiger partial charge in [-0.3, -0.25) is 9.69 Å². The molecule has 1 amide bonds. The molecule has 1 fully saturated rings. The zero-order valence-corrected chi connectivity index (χ0v) is 25.9. The molecule has 0 aromatic heterocycles. The van der Waals surface area contributed by atoms with E-state index in [1.165, 1.54) is 11.1 Å². The third-order valence-corrected chi connectivity index (χ3v) is 8.81.